The molecular formula is C12H19N3O2. The molecule has 94 valence electrons. The van der Waals surface area contributed by atoms with Gasteiger partial charge in [-0.15, -0.1) is 0 Å². The van der Waals surface area contributed by atoms with Crippen LogP contribution in [0.3, 0.4) is 0 Å². The minimum Gasteiger partial charge on any atom is -0.464 e. The number of carbonyl (C=O) groups excluding carboxylic acids is 1. The lowest BCUT2D eigenvalue weighted by molar-refractivity contribution is 0.0594. The minimum atomic E-state index is -0.325. The highest BCUT2D eigenvalue weighted by Crippen LogP contribution is 2.07. The largest absolute Gasteiger partial charge is 0.464 e. The van der Waals surface area contributed by atoms with Gasteiger partial charge >= 0.3 is 5.97 Å². The van der Waals surface area contributed by atoms with Crippen LogP contribution in [0.2, 0.25) is 0 Å². The molecule has 1 aliphatic heterocycles. The number of hydrogen-bond donors (Lipinski definition) is 2. The van der Waals surface area contributed by atoms with Gasteiger partial charge in [0.25, 0.3) is 0 Å². The van der Waals surface area contributed by atoms with Crippen LogP contribution in [-0.4, -0.2) is 36.2 Å². The molecule has 0 aliphatic carbocycles. The van der Waals surface area contributed by atoms with E-state index in [2.05, 4.69) is 20.2 Å². The van der Waals surface area contributed by atoms with E-state index in [1.165, 1.54) is 26.4 Å². The molecule has 2 rings (SSSR count). The predicted molar refractivity (Wildman–Crippen MR) is 64.4 cm³/mol. The van der Waals surface area contributed by atoms with Crippen LogP contribution >= 0.6 is 0 Å². The van der Waals surface area contributed by atoms with E-state index in [0.717, 1.165) is 25.3 Å². The number of aromatic amines is 1. The summed E-state index contributed by atoms with van der Waals surface area (Å²) in [6.07, 6.45) is 3.84. The normalized spacial score (nSPS) is 17.0. The minimum absolute atomic E-state index is 0.325. The van der Waals surface area contributed by atoms with Crippen LogP contribution in [0.25, 0.3) is 0 Å². The highest BCUT2D eigenvalue weighted by Gasteiger charge is 2.11. The second-order valence-electron chi connectivity index (χ2n) is 4.27. The van der Waals surface area contributed by atoms with Crippen molar-refractivity contribution in [2.45, 2.75) is 25.8 Å². The van der Waals surface area contributed by atoms with E-state index in [0.29, 0.717) is 5.69 Å². The molecule has 2 N–H and O–H groups in total. The van der Waals surface area contributed by atoms with Crippen molar-refractivity contribution >= 4 is 5.97 Å². The third kappa shape index (κ3) is 3.31. The molecule has 0 atom stereocenters. The first kappa shape index (κ1) is 12.1. The van der Waals surface area contributed by atoms with Crippen LogP contribution in [0.5, 0.6) is 0 Å². The summed E-state index contributed by atoms with van der Waals surface area (Å²) >= 11 is 0. The van der Waals surface area contributed by atoms with Gasteiger partial charge in [0.1, 0.15) is 5.69 Å². The molecule has 0 bridgehead atoms. The smallest absolute Gasteiger partial charge is 0.354 e. The Morgan fingerprint density at radius 1 is 1.41 bits per heavy atom. The number of nitrogens with one attached hydrogen (secondary N) is 2. The molecule has 0 unspecified atom stereocenters. The summed E-state index contributed by atoms with van der Waals surface area (Å²) in [5, 5.41) is 2.24. The van der Waals surface area contributed by atoms with E-state index in [9.17, 15) is 4.79 Å². The maximum absolute atomic E-state index is 11.2. The molecule has 0 aromatic carbocycles. The zero-order valence-electron chi connectivity index (χ0n) is 10.2. The molecule has 1 fully saturated rings. The van der Waals surface area contributed by atoms with E-state index in [-0.39, 0.29) is 5.97 Å². The summed E-state index contributed by atoms with van der Waals surface area (Å²) in [6.45, 7) is 2.92. The molecule has 1 aromatic heterocycles. The quantitative estimate of drug-likeness (QED) is 0.775. The maximum Gasteiger partial charge on any atom is 0.354 e. The molecule has 0 amide bonds. The zero-order valence-corrected chi connectivity index (χ0v) is 10.2. The third-order valence-electron chi connectivity index (χ3n) is 3.00. The Balaban J connectivity index is 1.82. The summed E-state index contributed by atoms with van der Waals surface area (Å²) in [4.78, 5) is 14.3. The number of piperidine rings is 1. The molecule has 17 heavy (non-hydrogen) atoms. The Bertz CT molecular complexity index is 370. The van der Waals surface area contributed by atoms with Gasteiger partial charge in [-0.05, 0) is 25.0 Å². The van der Waals surface area contributed by atoms with Crippen molar-refractivity contribution in [3.05, 3.63) is 23.5 Å². The maximum atomic E-state index is 11.2. The number of H-pyrrole nitrogens is 1. The summed E-state index contributed by atoms with van der Waals surface area (Å²) < 4.78 is 4.64. The van der Waals surface area contributed by atoms with Crippen molar-refractivity contribution in [3.8, 4) is 0 Å². The Hall–Kier alpha value is -1.33. The van der Waals surface area contributed by atoms with Crippen molar-refractivity contribution in [2.75, 3.05) is 20.2 Å². The van der Waals surface area contributed by atoms with Crippen molar-refractivity contribution < 1.29 is 9.53 Å². The number of rotatable bonds is 4. The van der Waals surface area contributed by atoms with Gasteiger partial charge in [0, 0.05) is 18.8 Å². The van der Waals surface area contributed by atoms with Crippen molar-refractivity contribution in [3.63, 3.8) is 0 Å². The first-order valence-electron chi connectivity index (χ1n) is 6.04. The molecule has 5 heteroatoms. The van der Waals surface area contributed by atoms with Gasteiger partial charge < -0.3 is 9.72 Å². The second-order valence-corrected chi connectivity index (χ2v) is 4.27. The van der Waals surface area contributed by atoms with Crippen molar-refractivity contribution in [1.82, 2.24) is 15.4 Å². The summed E-state index contributed by atoms with van der Waals surface area (Å²) in [5.41, 5.74) is 4.86. The molecule has 2 heterocycles. The van der Waals surface area contributed by atoms with Crippen LogP contribution in [0, 0.1) is 0 Å². The number of esters is 1. The first-order valence-corrected chi connectivity index (χ1v) is 6.04. The first-order chi connectivity index (χ1) is 8.29. The van der Waals surface area contributed by atoms with E-state index < -0.39 is 0 Å². The fourth-order valence-corrected chi connectivity index (χ4v) is 2.02. The van der Waals surface area contributed by atoms with Crippen LogP contribution in [0.1, 0.15) is 35.4 Å². The lowest BCUT2D eigenvalue weighted by atomic mass is 10.2. The van der Waals surface area contributed by atoms with Crippen LogP contribution in [-0.2, 0) is 11.3 Å². The van der Waals surface area contributed by atoms with Crippen molar-refractivity contribution in [2.24, 2.45) is 0 Å². The van der Waals surface area contributed by atoms with Crippen LogP contribution in [0.4, 0.5) is 0 Å². The Labute approximate surface area is 101 Å². The number of methoxy groups -OCH3 is 1. The van der Waals surface area contributed by atoms with Crippen LogP contribution < -0.4 is 5.43 Å². The number of hydrazine groups is 1. The number of nitrogens with zero attached hydrogens (tertiary/aromatic N) is 1. The fourth-order valence-electron chi connectivity index (χ4n) is 2.02. The molecular weight excluding hydrogens is 218 g/mol. The number of hydrogen-bond acceptors (Lipinski definition) is 4. The van der Waals surface area contributed by atoms with E-state index in [1.54, 1.807) is 6.07 Å². The molecule has 1 saturated heterocycles. The van der Waals surface area contributed by atoms with Gasteiger partial charge in [-0.2, -0.15) is 0 Å². The monoisotopic (exact) mass is 237 g/mol. The summed E-state index contributed by atoms with van der Waals surface area (Å²) in [7, 11) is 1.38. The predicted octanol–water partition coefficient (Wildman–Crippen LogP) is 1.29. The molecule has 1 aromatic rings. The second kappa shape index (κ2) is 5.84. The topological polar surface area (TPSA) is 57.4 Å². The molecule has 1 aliphatic rings. The highest BCUT2D eigenvalue weighted by molar-refractivity contribution is 5.87. The molecule has 5 nitrogen and oxygen atoms in total. The van der Waals surface area contributed by atoms with Gasteiger partial charge in [-0.1, -0.05) is 6.42 Å². The van der Waals surface area contributed by atoms with Gasteiger partial charge in [-0.25, -0.2) is 15.2 Å². The summed E-state index contributed by atoms with van der Waals surface area (Å²) in [6, 6.07) is 3.66. The zero-order chi connectivity index (χ0) is 12.1. The Morgan fingerprint density at radius 3 is 2.88 bits per heavy atom. The number of carbonyl (C=O) groups is 1. The average Bonchev–Trinajstić information content (AvgIpc) is 2.85. The average molecular weight is 237 g/mol. The van der Waals surface area contributed by atoms with E-state index in [4.69, 9.17) is 0 Å². The Kier molecular flexibility index (Phi) is 4.17. The third-order valence-corrected chi connectivity index (χ3v) is 3.00. The molecule has 0 saturated carbocycles. The van der Waals surface area contributed by atoms with Crippen LogP contribution in [0.15, 0.2) is 12.1 Å². The van der Waals surface area contributed by atoms with Gasteiger partial charge in [0.2, 0.25) is 0 Å². The summed E-state index contributed by atoms with van der Waals surface area (Å²) in [5.74, 6) is -0.325. The van der Waals surface area contributed by atoms with Gasteiger partial charge in [0.05, 0.1) is 13.7 Å². The van der Waals surface area contributed by atoms with Gasteiger partial charge in [0.15, 0.2) is 0 Å². The Morgan fingerprint density at radius 2 is 2.18 bits per heavy atom. The lowest BCUT2D eigenvalue weighted by Gasteiger charge is -2.26. The standard InChI is InChI=1S/C12H19N3O2/c1-17-12(16)11-6-5-10(14-11)9-13-15-7-3-2-4-8-15/h5-6,13-14H,2-4,7-9H2,1H3. The van der Waals surface area contributed by atoms with Crippen molar-refractivity contribution in [1.29, 1.82) is 0 Å². The van der Waals surface area contributed by atoms with E-state index >= 15 is 0 Å². The number of ether oxygens (including phenoxy) is 1. The van der Waals surface area contributed by atoms with E-state index in [1.807, 2.05) is 6.07 Å². The lowest BCUT2D eigenvalue weighted by Crippen LogP contribution is -2.41. The highest BCUT2D eigenvalue weighted by atomic mass is 16.5. The SMILES string of the molecule is COC(=O)c1ccc(CNN2CCCCC2)[nH]1. The molecule has 0 radical (unpaired) electrons. The number of aromatic nitrogens is 1. The molecule has 0 spiro atoms. The van der Waals surface area contributed by atoms with Gasteiger partial charge in [-0.3, -0.25) is 0 Å². The fraction of sp³-hybridized carbons (Fsp3) is 0.583.